The van der Waals surface area contributed by atoms with E-state index in [1.807, 2.05) is 6.07 Å². The van der Waals surface area contributed by atoms with Gasteiger partial charge in [0.1, 0.15) is 11.2 Å². The Labute approximate surface area is 128 Å². The van der Waals surface area contributed by atoms with Crippen molar-refractivity contribution in [2.24, 2.45) is 5.41 Å². The lowest BCUT2D eigenvalue weighted by molar-refractivity contribution is -0.146. The van der Waals surface area contributed by atoms with Crippen LogP contribution in [0.1, 0.15) is 49.8 Å². The number of aryl methyl sites for hydroxylation is 1. The van der Waals surface area contributed by atoms with Crippen LogP contribution in [0.3, 0.4) is 0 Å². The molecule has 2 aliphatic rings. The van der Waals surface area contributed by atoms with Crippen LogP contribution in [0.25, 0.3) is 0 Å². The zero-order valence-corrected chi connectivity index (χ0v) is 12.8. The highest BCUT2D eigenvalue weighted by molar-refractivity contribution is 5.86. The summed E-state index contributed by atoms with van der Waals surface area (Å²) in [5.41, 5.74) is -0.0543. The molecule has 2 fully saturated rings. The van der Waals surface area contributed by atoms with Crippen LogP contribution in [0.4, 0.5) is 13.2 Å². The van der Waals surface area contributed by atoms with E-state index in [1.54, 1.807) is 18.7 Å². The number of fused-ring (bicyclic) bond motifs is 1. The highest BCUT2D eigenvalue weighted by Crippen LogP contribution is 2.52. The Balaban J connectivity index is 1.96. The van der Waals surface area contributed by atoms with Gasteiger partial charge in [-0.25, -0.2) is 13.2 Å². The first kappa shape index (κ1) is 15.4. The molecular formula is C17H20F3NO. The smallest absolute Gasteiger partial charge is 0.252 e. The molecular weight excluding hydrogens is 291 g/mol. The van der Waals surface area contributed by atoms with Crippen molar-refractivity contribution in [3.63, 3.8) is 0 Å². The second kappa shape index (κ2) is 5.28. The minimum atomic E-state index is -2.65. The van der Waals surface area contributed by atoms with Gasteiger partial charge in [-0.3, -0.25) is 4.79 Å². The van der Waals surface area contributed by atoms with E-state index in [1.165, 1.54) is 12.1 Å². The van der Waals surface area contributed by atoms with Crippen molar-refractivity contribution in [3.05, 3.63) is 35.1 Å². The third-order valence-corrected chi connectivity index (χ3v) is 5.26. The van der Waals surface area contributed by atoms with E-state index in [4.69, 9.17) is 0 Å². The molecule has 0 spiro atoms. The fourth-order valence-corrected chi connectivity index (χ4v) is 4.07. The van der Waals surface area contributed by atoms with Gasteiger partial charge in [-0.2, -0.15) is 0 Å². The molecule has 22 heavy (non-hydrogen) atoms. The largest absolute Gasteiger partial charge is 0.332 e. The fraction of sp³-hybridized carbons (Fsp3) is 0.588. The molecule has 2 aliphatic heterocycles. The van der Waals surface area contributed by atoms with Crippen LogP contribution in [0.15, 0.2) is 18.2 Å². The maximum absolute atomic E-state index is 13.6. The number of benzene rings is 1. The van der Waals surface area contributed by atoms with E-state index < -0.39 is 17.7 Å². The molecule has 1 aromatic carbocycles. The van der Waals surface area contributed by atoms with Crippen molar-refractivity contribution in [1.82, 2.24) is 4.90 Å². The van der Waals surface area contributed by atoms with E-state index in [2.05, 4.69) is 0 Å². The summed E-state index contributed by atoms with van der Waals surface area (Å²) in [4.78, 5) is 14.3. The van der Waals surface area contributed by atoms with Gasteiger partial charge in [0.25, 0.3) is 6.43 Å². The van der Waals surface area contributed by atoms with Crippen LogP contribution in [0, 0.1) is 18.2 Å². The van der Waals surface area contributed by atoms with Crippen molar-refractivity contribution >= 4 is 5.91 Å². The Morgan fingerprint density at radius 3 is 2.64 bits per heavy atom. The summed E-state index contributed by atoms with van der Waals surface area (Å²) in [5, 5.41) is 0. The summed E-state index contributed by atoms with van der Waals surface area (Å²) in [6, 6.07) is 4.27. The van der Waals surface area contributed by atoms with E-state index in [-0.39, 0.29) is 30.7 Å². The highest BCUT2D eigenvalue weighted by atomic mass is 19.3. The second-order valence-corrected chi connectivity index (χ2v) is 6.54. The number of hydrogen-bond donors (Lipinski definition) is 0. The number of carbonyl (C=O) groups is 1. The molecule has 5 heteroatoms. The monoisotopic (exact) mass is 311 g/mol. The van der Waals surface area contributed by atoms with Crippen LogP contribution >= 0.6 is 0 Å². The molecule has 0 aliphatic carbocycles. The number of rotatable bonds is 3. The van der Waals surface area contributed by atoms with Crippen molar-refractivity contribution in [1.29, 1.82) is 0 Å². The molecule has 0 aromatic heterocycles. The topological polar surface area (TPSA) is 20.3 Å². The molecule has 2 heterocycles. The van der Waals surface area contributed by atoms with E-state index in [0.29, 0.717) is 12.8 Å². The first-order valence-corrected chi connectivity index (χ1v) is 7.77. The number of amides is 1. The van der Waals surface area contributed by atoms with Gasteiger partial charge in [-0.1, -0.05) is 13.0 Å². The van der Waals surface area contributed by atoms with Crippen LogP contribution < -0.4 is 0 Å². The highest BCUT2D eigenvalue weighted by Gasteiger charge is 2.59. The fourth-order valence-electron chi connectivity index (χ4n) is 4.07. The SMILES string of the molecule is CCC1(C(F)F)C[C@H]2CC[C@@H](c3cc(C)cc(F)c3)N2C1=O. The van der Waals surface area contributed by atoms with E-state index in [0.717, 1.165) is 11.1 Å². The average Bonchev–Trinajstić information content (AvgIpc) is 2.96. The lowest BCUT2D eigenvalue weighted by Crippen LogP contribution is -2.40. The average molecular weight is 311 g/mol. The van der Waals surface area contributed by atoms with Crippen LogP contribution in [0.5, 0.6) is 0 Å². The molecule has 3 rings (SSSR count). The summed E-state index contributed by atoms with van der Waals surface area (Å²) >= 11 is 0. The number of hydrogen-bond acceptors (Lipinski definition) is 1. The third kappa shape index (κ3) is 2.13. The Morgan fingerprint density at radius 1 is 1.32 bits per heavy atom. The van der Waals surface area contributed by atoms with Crippen molar-refractivity contribution < 1.29 is 18.0 Å². The Hall–Kier alpha value is -1.52. The van der Waals surface area contributed by atoms with Gasteiger partial charge >= 0.3 is 0 Å². The molecule has 1 amide bonds. The maximum Gasteiger partial charge on any atom is 0.252 e. The van der Waals surface area contributed by atoms with Gasteiger partial charge < -0.3 is 4.90 Å². The third-order valence-electron chi connectivity index (χ3n) is 5.26. The van der Waals surface area contributed by atoms with Gasteiger partial charge in [-0.15, -0.1) is 0 Å². The number of alkyl halides is 2. The van der Waals surface area contributed by atoms with Crippen molar-refractivity contribution in [2.45, 2.75) is 58.0 Å². The van der Waals surface area contributed by atoms with Crippen molar-refractivity contribution in [2.75, 3.05) is 0 Å². The minimum absolute atomic E-state index is 0.143. The molecule has 1 aromatic rings. The van der Waals surface area contributed by atoms with Crippen LogP contribution in [-0.4, -0.2) is 23.3 Å². The molecule has 120 valence electrons. The van der Waals surface area contributed by atoms with Gasteiger partial charge in [0.15, 0.2) is 0 Å². The first-order chi connectivity index (χ1) is 10.4. The molecule has 0 N–H and O–H groups in total. The second-order valence-electron chi connectivity index (χ2n) is 6.54. The predicted octanol–water partition coefficient (Wildman–Crippen LogP) is 4.23. The number of nitrogens with zero attached hydrogens (tertiary/aromatic N) is 1. The van der Waals surface area contributed by atoms with E-state index in [9.17, 15) is 18.0 Å². The lowest BCUT2D eigenvalue weighted by Gasteiger charge is -2.29. The quantitative estimate of drug-likeness (QED) is 0.818. The summed E-state index contributed by atoms with van der Waals surface area (Å²) in [5.74, 6) is -0.805. The standard InChI is InChI=1S/C17H20F3NO/c1-3-17(15(19)20)9-13-4-5-14(21(13)16(17)22)11-6-10(2)7-12(18)8-11/h6-8,13-15H,3-5,9H2,1-2H3/t13-,14+,17?/m1/s1. The number of halogens is 3. The van der Waals surface area contributed by atoms with Gasteiger partial charge in [-0.05, 0) is 55.9 Å². The molecule has 0 radical (unpaired) electrons. The molecule has 1 unspecified atom stereocenters. The Morgan fingerprint density at radius 2 is 2.05 bits per heavy atom. The number of carbonyl (C=O) groups excluding carboxylic acids is 1. The van der Waals surface area contributed by atoms with Gasteiger partial charge in [0, 0.05) is 6.04 Å². The molecule has 2 nitrogen and oxygen atoms in total. The summed E-state index contributed by atoms with van der Waals surface area (Å²) in [6.45, 7) is 3.44. The van der Waals surface area contributed by atoms with Gasteiger partial charge in [0.05, 0.1) is 6.04 Å². The normalized spacial score (nSPS) is 31.2. The lowest BCUT2D eigenvalue weighted by atomic mass is 9.81. The maximum atomic E-state index is 13.6. The molecule has 0 saturated carbocycles. The van der Waals surface area contributed by atoms with Gasteiger partial charge in [0.2, 0.25) is 5.91 Å². The van der Waals surface area contributed by atoms with Crippen LogP contribution in [0.2, 0.25) is 0 Å². The first-order valence-electron chi connectivity index (χ1n) is 7.77. The molecule has 0 bridgehead atoms. The Kier molecular flexibility index (Phi) is 3.69. The van der Waals surface area contributed by atoms with Crippen molar-refractivity contribution in [3.8, 4) is 0 Å². The minimum Gasteiger partial charge on any atom is -0.332 e. The van der Waals surface area contributed by atoms with Crippen LogP contribution in [-0.2, 0) is 4.79 Å². The zero-order valence-electron chi connectivity index (χ0n) is 12.8. The molecule has 2 saturated heterocycles. The Bertz CT molecular complexity index is 583. The molecule has 3 atom stereocenters. The zero-order chi connectivity index (χ0) is 16.1. The summed E-state index contributed by atoms with van der Waals surface area (Å²) in [6.07, 6.45) is -0.871. The van der Waals surface area contributed by atoms with E-state index >= 15 is 0 Å². The predicted molar refractivity (Wildman–Crippen MR) is 77.1 cm³/mol. The summed E-state index contributed by atoms with van der Waals surface area (Å²) in [7, 11) is 0. The summed E-state index contributed by atoms with van der Waals surface area (Å²) < 4.78 is 40.7.